The van der Waals surface area contributed by atoms with Gasteiger partial charge in [0.05, 0.1) is 0 Å². The number of amides is 2. The van der Waals surface area contributed by atoms with Gasteiger partial charge < -0.3 is 9.80 Å². The van der Waals surface area contributed by atoms with Crippen molar-refractivity contribution in [2.45, 2.75) is 25.3 Å². The Labute approximate surface area is 136 Å². The Hall–Kier alpha value is -1.18. The van der Waals surface area contributed by atoms with Crippen molar-refractivity contribution in [1.29, 1.82) is 0 Å². The Kier molecular flexibility index (Phi) is 5.28. The highest BCUT2D eigenvalue weighted by Gasteiger charge is 2.28. The minimum absolute atomic E-state index is 0.00372. The first-order valence-corrected chi connectivity index (χ1v) is 8.98. The van der Waals surface area contributed by atoms with Gasteiger partial charge in [0.15, 0.2) is 5.13 Å². The standard InChI is InChI=1S/C15H25N5OS/c1-18-7-9-19(10-8-18)13-4-2-3-6-20(12-13)15(21)17-14-16-5-11-22-14/h5,11,13H,2-4,6-10,12H2,1H3,(H,16,17,21)/t13-/m1/s1. The maximum atomic E-state index is 12.5. The summed E-state index contributed by atoms with van der Waals surface area (Å²) in [6, 6.07) is 0.495. The number of rotatable bonds is 2. The van der Waals surface area contributed by atoms with Crippen molar-refractivity contribution in [3.63, 3.8) is 0 Å². The van der Waals surface area contributed by atoms with E-state index in [2.05, 4.69) is 27.1 Å². The minimum atomic E-state index is -0.00372. The monoisotopic (exact) mass is 323 g/mol. The molecule has 0 aliphatic carbocycles. The van der Waals surface area contributed by atoms with Gasteiger partial charge in [-0.15, -0.1) is 11.3 Å². The fourth-order valence-corrected chi connectivity index (χ4v) is 3.76. The van der Waals surface area contributed by atoms with Gasteiger partial charge in [0, 0.05) is 56.9 Å². The Morgan fingerprint density at radius 3 is 2.82 bits per heavy atom. The number of likely N-dealkylation sites (N-methyl/N-ethyl adjacent to an activating group) is 1. The molecule has 0 spiro atoms. The summed E-state index contributed by atoms with van der Waals surface area (Å²) in [4.78, 5) is 23.5. The van der Waals surface area contributed by atoms with Gasteiger partial charge in [-0.3, -0.25) is 10.2 Å². The number of carbonyl (C=O) groups is 1. The fourth-order valence-electron chi connectivity index (χ4n) is 3.24. The lowest BCUT2D eigenvalue weighted by Gasteiger charge is -2.39. The molecule has 22 heavy (non-hydrogen) atoms. The van der Waals surface area contributed by atoms with E-state index in [1.165, 1.54) is 24.2 Å². The van der Waals surface area contributed by atoms with Crippen LogP contribution in [0.1, 0.15) is 19.3 Å². The number of aromatic nitrogens is 1. The first-order chi connectivity index (χ1) is 10.7. The topological polar surface area (TPSA) is 51.7 Å². The number of piperazine rings is 1. The Morgan fingerprint density at radius 2 is 2.09 bits per heavy atom. The van der Waals surface area contributed by atoms with Gasteiger partial charge in [-0.2, -0.15) is 0 Å². The number of likely N-dealkylation sites (tertiary alicyclic amines) is 1. The van der Waals surface area contributed by atoms with Gasteiger partial charge in [0.2, 0.25) is 0 Å². The molecule has 7 heteroatoms. The third kappa shape index (κ3) is 3.97. The van der Waals surface area contributed by atoms with Crippen molar-refractivity contribution in [3.8, 4) is 0 Å². The normalized spacial score (nSPS) is 25.0. The maximum Gasteiger partial charge on any atom is 0.323 e. The molecule has 0 saturated carbocycles. The maximum absolute atomic E-state index is 12.5. The number of hydrogen-bond donors (Lipinski definition) is 1. The van der Waals surface area contributed by atoms with Crippen molar-refractivity contribution in [1.82, 2.24) is 19.7 Å². The van der Waals surface area contributed by atoms with E-state index in [0.29, 0.717) is 11.2 Å². The third-order valence-electron chi connectivity index (χ3n) is 4.63. The summed E-state index contributed by atoms with van der Waals surface area (Å²) >= 11 is 1.46. The molecule has 2 aliphatic rings. The van der Waals surface area contributed by atoms with Crippen LogP contribution in [0, 0.1) is 0 Å². The quantitative estimate of drug-likeness (QED) is 0.901. The van der Waals surface area contributed by atoms with E-state index >= 15 is 0 Å². The van der Waals surface area contributed by atoms with Gasteiger partial charge in [-0.05, 0) is 19.9 Å². The summed E-state index contributed by atoms with van der Waals surface area (Å²) < 4.78 is 0. The molecule has 1 atom stereocenters. The average Bonchev–Trinajstić information content (AvgIpc) is 2.90. The molecule has 0 radical (unpaired) electrons. The second kappa shape index (κ2) is 7.39. The van der Waals surface area contributed by atoms with Crippen LogP contribution in [0.15, 0.2) is 11.6 Å². The van der Waals surface area contributed by atoms with Crippen LogP contribution in [0.25, 0.3) is 0 Å². The summed E-state index contributed by atoms with van der Waals surface area (Å²) in [7, 11) is 2.18. The van der Waals surface area contributed by atoms with Gasteiger partial charge in [0.25, 0.3) is 0 Å². The highest BCUT2D eigenvalue weighted by molar-refractivity contribution is 7.13. The molecular weight excluding hydrogens is 298 g/mol. The van der Waals surface area contributed by atoms with E-state index in [-0.39, 0.29) is 6.03 Å². The van der Waals surface area contributed by atoms with E-state index in [9.17, 15) is 4.79 Å². The summed E-state index contributed by atoms with van der Waals surface area (Å²) in [6.07, 6.45) is 5.22. The van der Waals surface area contributed by atoms with Crippen LogP contribution in [0.4, 0.5) is 9.93 Å². The van der Waals surface area contributed by atoms with Crippen molar-refractivity contribution in [2.24, 2.45) is 0 Å². The van der Waals surface area contributed by atoms with E-state index in [1.54, 1.807) is 6.20 Å². The number of nitrogens with one attached hydrogen (secondary N) is 1. The zero-order valence-electron chi connectivity index (χ0n) is 13.2. The molecule has 3 rings (SSSR count). The summed E-state index contributed by atoms with van der Waals surface area (Å²) in [6.45, 7) is 6.16. The van der Waals surface area contributed by atoms with E-state index in [4.69, 9.17) is 0 Å². The van der Waals surface area contributed by atoms with Crippen molar-refractivity contribution in [2.75, 3.05) is 51.6 Å². The molecule has 1 aromatic rings. The summed E-state index contributed by atoms with van der Waals surface area (Å²) in [5.74, 6) is 0. The minimum Gasteiger partial charge on any atom is -0.323 e. The lowest BCUT2D eigenvalue weighted by molar-refractivity contribution is 0.0948. The molecule has 1 aromatic heterocycles. The lowest BCUT2D eigenvalue weighted by atomic mass is 10.1. The van der Waals surface area contributed by atoms with E-state index in [0.717, 1.165) is 45.7 Å². The SMILES string of the molecule is CN1CCN([C@@H]2CCCCN(C(=O)Nc3nccs3)C2)CC1. The third-order valence-corrected chi connectivity index (χ3v) is 5.32. The molecule has 0 unspecified atom stereocenters. The Morgan fingerprint density at radius 1 is 1.27 bits per heavy atom. The largest absolute Gasteiger partial charge is 0.323 e. The molecule has 0 aromatic carbocycles. The second-order valence-electron chi connectivity index (χ2n) is 6.20. The number of carbonyl (C=O) groups excluding carboxylic acids is 1. The first kappa shape index (κ1) is 15.7. The lowest BCUT2D eigenvalue weighted by Crippen LogP contribution is -2.52. The van der Waals surface area contributed by atoms with Crippen molar-refractivity contribution in [3.05, 3.63) is 11.6 Å². The molecule has 3 heterocycles. The number of hydrogen-bond acceptors (Lipinski definition) is 5. The van der Waals surface area contributed by atoms with Crippen LogP contribution < -0.4 is 5.32 Å². The number of anilines is 1. The Balaban J connectivity index is 1.58. The molecule has 2 fully saturated rings. The van der Waals surface area contributed by atoms with Crippen LogP contribution in [0.5, 0.6) is 0 Å². The number of urea groups is 1. The van der Waals surface area contributed by atoms with Gasteiger partial charge in [-0.25, -0.2) is 9.78 Å². The molecule has 2 saturated heterocycles. The first-order valence-electron chi connectivity index (χ1n) is 8.10. The molecule has 6 nitrogen and oxygen atoms in total. The van der Waals surface area contributed by atoms with Crippen LogP contribution in [0.2, 0.25) is 0 Å². The summed E-state index contributed by atoms with van der Waals surface area (Å²) in [5.41, 5.74) is 0. The predicted molar refractivity (Wildman–Crippen MR) is 89.4 cm³/mol. The van der Waals surface area contributed by atoms with Crippen LogP contribution in [0.3, 0.4) is 0 Å². The predicted octanol–water partition coefficient (Wildman–Crippen LogP) is 1.78. The highest BCUT2D eigenvalue weighted by Crippen LogP contribution is 2.19. The number of nitrogens with zero attached hydrogens (tertiary/aromatic N) is 4. The zero-order valence-corrected chi connectivity index (χ0v) is 14.0. The van der Waals surface area contributed by atoms with Gasteiger partial charge in [-0.1, -0.05) is 6.42 Å². The molecule has 0 bridgehead atoms. The van der Waals surface area contributed by atoms with Crippen LogP contribution in [-0.2, 0) is 0 Å². The van der Waals surface area contributed by atoms with Crippen LogP contribution in [-0.4, -0.2) is 78.1 Å². The molecule has 2 aliphatic heterocycles. The molecule has 1 N–H and O–H groups in total. The zero-order chi connectivity index (χ0) is 15.4. The van der Waals surface area contributed by atoms with Crippen molar-refractivity contribution >= 4 is 22.5 Å². The molecule has 2 amide bonds. The Bertz CT molecular complexity index is 472. The van der Waals surface area contributed by atoms with Gasteiger partial charge in [0.1, 0.15) is 0 Å². The second-order valence-corrected chi connectivity index (χ2v) is 7.10. The van der Waals surface area contributed by atoms with E-state index in [1.807, 2.05) is 10.3 Å². The average molecular weight is 323 g/mol. The van der Waals surface area contributed by atoms with Gasteiger partial charge >= 0.3 is 6.03 Å². The number of thiazole rings is 1. The molecular formula is C15H25N5OS. The van der Waals surface area contributed by atoms with Crippen molar-refractivity contribution < 1.29 is 4.79 Å². The molecule has 122 valence electrons. The highest BCUT2D eigenvalue weighted by atomic mass is 32.1. The summed E-state index contributed by atoms with van der Waals surface area (Å²) in [5, 5.41) is 5.48. The fraction of sp³-hybridized carbons (Fsp3) is 0.733. The van der Waals surface area contributed by atoms with Crippen LogP contribution >= 0.6 is 11.3 Å². The van der Waals surface area contributed by atoms with E-state index < -0.39 is 0 Å². The smallest absolute Gasteiger partial charge is 0.323 e.